The summed E-state index contributed by atoms with van der Waals surface area (Å²) in [6.07, 6.45) is 1.62. The van der Waals surface area contributed by atoms with Crippen molar-refractivity contribution >= 4 is 0 Å². The smallest absolute Gasteiger partial charge is 0.231 e. The number of aryl methyl sites for hydroxylation is 1. The van der Waals surface area contributed by atoms with Crippen LogP contribution in [0.15, 0.2) is 18.2 Å². The maximum atomic E-state index is 8.80. The van der Waals surface area contributed by atoms with Crippen molar-refractivity contribution in [2.24, 2.45) is 5.73 Å². The number of ether oxygens (including phenoxy) is 2. The molecule has 0 spiro atoms. The van der Waals surface area contributed by atoms with E-state index >= 15 is 0 Å². The predicted octanol–water partition coefficient (Wildman–Crippen LogP) is 0.667. The molecule has 0 radical (unpaired) electrons. The van der Waals surface area contributed by atoms with Gasteiger partial charge in [-0.15, -0.1) is 0 Å². The number of rotatable bonds is 4. The van der Waals surface area contributed by atoms with Gasteiger partial charge in [0, 0.05) is 6.04 Å². The van der Waals surface area contributed by atoms with Gasteiger partial charge in [0.1, 0.15) is 0 Å². The Labute approximate surface area is 88.6 Å². The first-order chi connectivity index (χ1) is 7.29. The molecule has 3 N–H and O–H groups in total. The highest BCUT2D eigenvalue weighted by atomic mass is 16.7. The molecule has 1 aromatic carbocycles. The van der Waals surface area contributed by atoms with E-state index in [0.29, 0.717) is 6.79 Å². The molecule has 1 aromatic rings. The van der Waals surface area contributed by atoms with Gasteiger partial charge in [-0.3, -0.25) is 0 Å². The number of hydrogen-bond donors (Lipinski definition) is 2. The molecular formula is C11H15NO3. The van der Waals surface area contributed by atoms with Crippen LogP contribution in [0.3, 0.4) is 0 Å². The molecule has 82 valence electrons. The highest BCUT2D eigenvalue weighted by Crippen LogP contribution is 2.32. The molecule has 0 saturated heterocycles. The topological polar surface area (TPSA) is 64.7 Å². The molecule has 1 atom stereocenters. The summed E-state index contributed by atoms with van der Waals surface area (Å²) in [6, 6.07) is 5.72. The Morgan fingerprint density at radius 1 is 1.33 bits per heavy atom. The first kappa shape index (κ1) is 10.3. The van der Waals surface area contributed by atoms with E-state index in [-0.39, 0.29) is 12.6 Å². The molecule has 4 nitrogen and oxygen atoms in total. The molecule has 1 unspecified atom stereocenters. The second kappa shape index (κ2) is 4.51. The SMILES string of the molecule is NC(CO)CCc1ccc2c(c1)OCO2. The molecule has 0 saturated carbocycles. The Bertz CT molecular complexity index is 341. The summed E-state index contributed by atoms with van der Waals surface area (Å²) < 4.78 is 10.5. The first-order valence-electron chi connectivity index (χ1n) is 5.04. The predicted molar refractivity (Wildman–Crippen MR) is 55.9 cm³/mol. The quantitative estimate of drug-likeness (QED) is 0.765. The van der Waals surface area contributed by atoms with Crippen molar-refractivity contribution < 1.29 is 14.6 Å². The molecule has 0 amide bonds. The van der Waals surface area contributed by atoms with E-state index in [9.17, 15) is 0 Å². The van der Waals surface area contributed by atoms with Crippen LogP contribution in [0.4, 0.5) is 0 Å². The van der Waals surface area contributed by atoms with Crippen LogP contribution in [0, 0.1) is 0 Å². The molecule has 0 aromatic heterocycles. The Morgan fingerprint density at radius 2 is 2.13 bits per heavy atom. The maximum Gasteiger partial charge on any atom is 0.231 e. The Balaban J connectivity index is 1.98. The van der Waals surface area contributed by atoms with Gasteiger partial charge >= 0.3 is 0 Å². The average Bonchev–Trinajstić information content (AvgIpc) is 2.72. The van der Waals surface area contributed by atoms with Crippen LogP contribution in [0.5, 0.6) is 11.5 Å². The molecule has 2 rings (SSSR count). The number of fused-ring (bicyclic) bond motifs is 1. The average molecular weight is 209 g/mol. The second-order valence-corrected chi connectivity index (χ2v) is 3.67. The summed E-state index contributed by atoms with van der Waals surface area (Å²) in [5, 5.41) is 8.80. The molecule has 4 heteroatoms. The van der Waals surface area contributed by atoms with Gasteiger partial charge < -0.3 is 20.3 Å². The minimum atomic E-state index is -0.143. The number of hydrogen-bond acceptors (Lipinski definition) is 4. The zero-order valence-electron chi connectivity index (χ0n) is 8.48. The fourth-order valence-electron chi connectivity index (χ4n) is 1.54. The second-order valence-electron chi connectivity index (χ2n) is 3.67. The van der Waals surface area contributed by atoms with Crippen molar-refractivity contribution in [1.82, 2.24) is 0 Å². The zero-order chi connectivity index (χ0) is 10.7. The van der Waals surface area contributed by atoms with Gasteiger partial charge in [-0.2, -0.15) is 0 Å². The summed E-state index contributed by atoms with van der Waals surface area (Å²) >= 11 is 0. The standard InChI is InChI=1S/C11H15NO3/c12-9(6-13)3-1-8-2-4-10-11(5-8)15-7-14-10/h2,4-5,9,13H,1,3,6-7,12H2. The maximum absolute atomic E-state index is 8.80. The van der Waals surface area contributed by atoms with Crippen molar-refractivity contribution in [2.45, 2.75) is 18.9 Å². The van der Waals surface area contributed by atoms with Gasteiger partial charge in [-0.05, 0) is 30.5 Å². The zero-order valence-corrected chi connectivity index (χ0v) is 8.48. The van der Waals surface area contributed by atoms with E-state index in [0.717, 1.165) is 29.9 Å². The van der Waals surface area contributed by atoms with Crippen molar-refractivity contribution in [2.75, 3.05) is 13.4 Å². The van der Waals surface area contributed by atoms with Crippen LogP contribution < -0.4 is 15.2 Å². The lowest BCUT2D eigenvalue weighted by Gasteiger charge is -2.07. The lowest BCUT2D eigenvalue weighted by molar-refractivity contribution is 0.174. The van der Waals surface area contributed by atoms with E-state index < -0.39 is 0 Å². The van der Waals surface area contributed by atoms with Crippen LogP contribution in [0.1, 0.15) is 12.0 Å². The summed E-state index contributed by atoms with van der Waals surface area (Å²) in [5.74, 6) is 1.59. The normalized spacial score (nSPS) is 15.3. The molecule has 15 heavy (non-hydrogen) atoms. The molecule has 0 aliphatic carbocycles. The van der Waals surface area contributed by atoms with Gasteiger partial charge in [0.05, 0.1) is 6.61 Å². The Hall–Kier alpha value is -1.26. The number of aliphatic hydroxyl groups excluding tert-OH is 1. The molecule has 0 bridgehead atoms. The van der Waals surface area contributed by atoms with Crippen molar-refractivity contribution in [3.05, 3.63) is 23.8 Å². The van der Waals surface area contributed by atoms with Crippen molar-refractivity contribution in [3.8, 4) is 11.5 Å². The van der Waals surface area contributed by atoms with E-state index in [1.807, 2.05) is 18.2 Å². The lowest BCUT2D eigenvalue weighted by atomic mass is 10.1. The van der Waals surface area contributed by atoms with E-state index in [1.54, 1.807) is 0 Å². The molecule has 1 aliphatic rings. The van der Waals surface area contributed by atoms with Crippen LogP contribution in [-0.4, -0.2) is 24.5 Å². The first-order valence-corrected chi connectivity index (χ1v) is 5.04. The van der Waals surface area contributed by atoms with Gasteiger partial charge in [-0.1, -0.05) is 6.07 Å². The Kier molecular flexibility index (Phi) is 3.08. The third-order valence-electron chi connectivity index (χ3n) is 2.48. The summed E-state index contributed by atoms with van der Waals surface area (Å²) in [5.41, 5.74) is 6.78. The number of benzene rings is 1. The number of nitrogens with two attached hydrogens (primary N) is 1. The minimum absolute atomic E-state index is 0.0323. The monoisotopic (exact) mass is 209 g/mol. The van der Waals surface area contributed by atoms with Crippen LogP contribution >= 0.6 is 0 Å². The highest BCUT2D eigenvalue weighted by Gasteiger charge is 2.13. The Morgan fingerprint density at radius 3 is 2.93 bits per heavy atom. The van der Waals surface area contributed by atoms with Gasteiger partial charge in [-0.25, -0.2) is 0 Å². The fraction of sp³-hybridized carbons (Fsp3) is 0.455. The molecule has 0 fully saturated rings. The van der Waals surface area contributed by atoms with Crippen LogP contribution in [0.25, 0.3) is 0 Å². The van der Waals surface area contributed by atoms with E-state index in [2.05, 4.69) is 0 Å². The van der Waals surface area contributed by atoms with Crippen LogP contribution in [0.2, 0.25) is 0 Å². The largest absolute Gasteiger partial charge is 0.454 e. The fourth-order valence-corrected chi connectivity index (χ4v) is 1.54. The third kappa shape index (κ3) is 2.40. The van der Waals surface area contributed by atoms with E-state index in [4.69, 9.17) is 20.3 Å². The van der Waals surface area contributed by atoms with Gasteiger partial charge in [0.25, 0.3) is 0 Å². The molecule has 1 heterocycles. The van der Waals surface area contributed by atoms with Gasteiger partial charge in [0.15, 0.2) is 11.5 Å². The summed E-state index contributed by atoms with van der Waals surface area (Å²) in [6.45, 7) is 0.333. The minimum Gasteiger partial charge on any atom is -0.454 e. The van der Waals surface area contributed by atoms with Gasteiger partial charge in [0.2, 0.25) is 6.79 Å². The van der Waals surface area contributed by atoms with Crippen molar-refractivity contribution in [1.29, 1.82) is 0 Å². The summed E-state index contributed by atoms with van der Waals surface area (Å²) in [7, 11) is 0. The van der Waals surface area contributed by atoms with Crippen molar-refractivity contribution in [3.63, 3.8) is 0 Å². The number of aliphatic hydroxyl groups is 1. The molecular weight excluding hydrogens is 194 g/mol. The van der Waals surface area contributed by atoms with E-state index in [1.165, 1.54) is 0 Å². The lowest BCUT2D eigenvalue weighted by Crippen LogP contribution is -2.24. The highest BCUT2D eigenvalue weighted by molar-refractivity contribution is 5.44. The molecule has 1 aliphatic heterocycles. The summed E-state index contributed by atoms with van der Waals surface area (Å²) in [4.78, 5) is 0. The van der Waals surface area contributed by atoms with Crippen LogP contribution in [-0.2, 0) is 6.42 Å². The third-order valence-corrected chi connectivity index (χ3v) is 2.48.